The van der Waals surface area contributed by atoms with Gasteiger partial charge in [-0.1, -0.05) is 39.0 Å². The maximum Gasteiger partial charge on any atom is 0.321 e. The van der Waals surface area contributed by atoms with Gasteiger partial charge in [-0.25, -0.2) is 4.79 Å². The Balaban J connectivity index is 2.38. The predicted molar refractivity (Wildman–Crippen MR) is 88.7 cm³/mol. The van der Waals surface area contributed by atoms with E-state index in [0.29, 0.717) is 19.0 Å². The largest absolute Gasteiger partial charge is 0.369 e. The van der Waals surface area contributed by atoms with E-state index in [9.17, 15) is 14.4 Å². The van der Waals surface area contributed by atoms with Crippen molar-refractivity contribution in [1.29, 1.82) is 0 Å². The molecule has 0 aromatic heterocycles. The molecular formula is C16H30N4O3. The standard InChI is InChI=1S/C16H30N4O3/c1-2-9-18-16(23)19-15(22)12-20(11-14(17)21)10-8-13-6-4-3-5-7-13/h13H,2-12H2,1H3,(H2,17,21)(H2,18,19,22,23). The SMILES string of the molecule is CCCNC(=O)NC(=O)CN(CCC1CCCCC1)CC(N)=O. The van der Waals surface area contributed by atoms with Crippen molar-refractivity contribution in [2.24, 2.45) is 11.7 Å². The molecule has 4 N–H and O–H groups in total. The Hall–Kier alpha value is -1.63. The van der Waals surface area contributed by atoms with E-state index < -0.39 is 17.8 Å². The molecule has 7 heteroatoms. The molecule has 0 aromatic carbocycles. The van der Waals surface area contributed by atoms with Gasteiger partial charge in [-0.3, -0.25) is 19.8 Å². The first-order valence-corrected chi connectivity index (χ1v) is 8.59. The first-order chi connectivity index (χ1) is 11.0. The number of primary amides is 1. The Morgan fingerprint density at radius 1 is 1.13 bits per heavy atom. The van der Waals surface area contributed by atoms with Crippen LogP contribution in [-0.2, 0) is 9.59 Å². The van der Waals surface area contributed by atoms with Crippen molar-refractivity contribution in [2.75, 3.05) is 26.2 Å². The molecule has 1 fully saturated rings. The van der Waals surface area contributed by atoms with Gasteiger partial charge in [0.2, 0.25) is 11.8 Å². The van der Waals surface area contributed by atoms with Gasteiger partial charge in [0.05, 0.1) is 13.1 Å². The van der Waals surface area contributed by atoms with Crippen molar-refractivity contribution < 1.29 is 14.4 Å². The number of hydrogen-bond donors (Lipinski definition) is 3. The van der Waals surface area contributed by atoms with E-state index in [-0.39, 0.29) is 13.1 Å². The third-order valence-electron chi connectivity index (χ3n) is 4.11. The van der Waals surface area contributed by atoms with Crippen LogP contribution in [0.25, 0.3) is 0 Å². The molecule has 0 unspecified atom stereocenters. The van der Waals surface area contributed by atoms with Crippen molar-refractivity contribution in [2.45, 2.75) is 51.9 Å². The Morgan fingerprint density at radius 3 is 2.43 bits per heavy atom. The lowest BCUT2D eigenvalue weighted by Gasteiger charge is -2.25. The Labute approximate surface area is 138 Å². The summed E-state index contributed by atoms with van der Waals surface area (Å²) < 4.78 is 0. The number of nitrogens with one attached hydrogen (secondary N) is 2. The molecule has 1 rings (SSSR count). The van der Waals surface area contributed by atoms with Crippen LogP contribution in [0.15, 0.2) is 0 Å². The Bertz CT molecular complexity index is 395. The van der Waals surface area contributed by atoms with Crippen LogP contribution in [0.5, 0.6) is 0 Å². The van der Waals surface area contributed by atoms with Gasteiger partial charge in [0.25, 0.3) is 0 Å². The number of rotatable bonds is 9. The molecule has 0 spiro atoms. The van der Waals surface area contributed by atoms with Crippen LogP contribution < -0.4 is 16.4 Å². The molecule has 4 amide bonds. The van der Waals surface area contributed by atoms with Crippen LogP contribution >= 0.6 is 0 Å². The predicted octanol–water partition coefficient (Wildman–Crippen LogP) is 0.980. The number of hydrogen-bond acceptors (Lipinski definition) is 4. The van der Waals surface area contributed by atoms with Crippen molar-refractivity contribution >= 4 is 17.8 Å². The monoisotopic (exact) mass is 326 g/mol. The summed E-state index contributed by atoms with van der Waals surface area (Å²) >= 11 is 0. The number of carbonyl (C=O) groups excluding carboxylic acids is 3. The molecule has 1 aliphatic carbocycles. The second-order valence-corrected chi connectivity index (χ2v) is 6.27. The molecule has 0 aliphatic heterocycles. The zero-order chi connectivity index (χ0) is 17.1. The summed E-state index contributed by atoms with van der Waals surface area (Å²) in [6.45, 7) is 3.15. The molecule has 7 nitrogen and oxygen atoms in total. The number of nitrogens with two attached hydrogens (primary N) is 1. The van der Waals surface area contributed by atoms with Gasteiger partial charge in [0, 0.05) is 6.54 Å². The molecule has 132 valence electrons. The maximum atomic E-state index is 11.9. The van der Waals surface area contributed by atoms with Crippen LogP contribution in [0.2, 0.25) is 0 Å². The van der Waals surface area contributed by atoms with E-state index in [1.807, 2.05) is 6.92 Å². The Kier molecular flexibility index (Phi) is 9.28. The summed E-state index contributed by atoms with van der Waals surface area (Å²) in [5.74, 6) is -0.213. The normalized spacial score (nSPS) is 15.4. The van der Waals surface area contributed by atoms with Crippen molar-refractivity contribution in [3.8, 4) is 0 Å². The van der Waals surface area contributed by atoms with Gasteiger partial charge >= 0.3 is 6.03 Å². The van der Waals surface area contributed by atoms with E-state index in [4.69, 9.17) is 5.73 Å². The van der Waals surface area contributed by atoms with Crippen LogP contribution in [0.3, 0.4) is 0 Å². The number of imide groups is 1. The van der Waals surface area contributed by atoms with E-state index in [2.05, 4.69) is 10.6 Å². The van der Waals surface area contributed by atoms with E-state index in [1.165, 1.54) is 32.1 Å². The minimum absolute atomic E-state index is 0.00913. The van der Waals surface area contributed by atoms with Crippen molar-refractivity contribution in [1.82, 2.24) is 15.5 Å². The summed E-state index contributed by atoms with van der Waals surface area (Å²) in [4.78, 5) is 36.3. The second kappa shape index (κ2) is 11.0. The highest BCUT2D eigenvalue weighted by Crippen LogP contribution is 2.26. The highest BCUT2D eigenvalue weighted by molar-refractivity contribution is 5.95. The van der Waals surface area contributed by atoms with Crippen molar-refractivity contribution in [3.63, 3.8) is 0 Å². The molecule has 0 atom stereocenters. The summed E-state index contributed by atoms with van der Waals surface area (Å²) in [5.41, 5.74) is 5.25. The van der Waals surface area contributed by atoms with Crippen LogP contribution in [-0.4, -0.2) is 48.9 Å². The quantitative estimate of drug-likeness (QED) is 0.587. The summed E-state index contributed by atoms with van der Waals surface area (Å²) in [6.07, 6.45) is 8.03. The second-order valence-electron chi connectivity index (χ2n) is 6.27. The number of nitrogens with zero attached hydrogens (tertiary/aromatic N) is 1. The summed E-state index contributed by atoms with van der Waals surface area (Å²) in [6, 6.07) is -0.497. The molecule has 0 saturated heterocycles. The average molecular weight is 326 g/mol. The third kappa shape index (κ3) is 9.18. The topological polar surface area (TPSA) is 105 Å². The maximum absolute atomic E-state index is 11.9. The van der Waals surface area contributed by atoms with E-state index in [0.717, 1.165) is 12.8 Å². The number of amides is 4. The summed E-state index contributed by atoms with van der Waals surface area (Å²) in [7, 11) is 0. The lowest BCUT2D eigenvalue weighted by Crippen LogP contribution is -2.46. The lowest BCUT2D eigenvalue weighted by molar-refractivity contribution is -0.123. The van der Waals surface area contributed by atoms with Crippen LogP contribution in [0, 0.1) is 5.92 Å². The molecule has 0 aromatic rings. The van der Waals surface area contributed by atoms with E-state index >= 15 is 0 Å². The highest BCUT2D eigenvalue weighted by atomic mass is 16.2. The van der Waals surface area contributed by atoms with Crippen LogP contribution in [0.4, 0.5) is 4.79 Å². The van der Waals surface area contributed by atoms with Gasteiger partial charge in [-0.15, -0.1) is 0 Å². The fourth-order valence-electron chi connectivity index (χ4n) is 2.93. The van der Waals surface area contributed by atoms with Gasteiger partial charge in [-0.2, -0.15) is 0 Å². The van der Waals surface area contributed by atoms with Gasteiger partial charge < -0.3 is 11.1 Å². The molecular weight excluding hydrogens is 296 g/mol. The zero-order valence-electron chi connectivity index (χ0n) is 14.1. The van der Waals surface area contributed by atoms with Gasteiger partial charge in [0.1, 0.15) is 0 Å². The van der Waals surface area contributed by atoms with Crippen molar-refractivity contribution in [3.05, 3.63) is 0 Å². The minimum Gasteiger partial charge on any atom is -0.369 e. The molecule has 0 heterocycles. The fourth-order valence-corrected chi connectivity index (χ4v) is 2.93. The van der Waals surface area contributed by atoms with Gasteiger partial charge in [-0.05, 0) is 25.3 Å². The first-order valence-electron chi connectivity index (χ1n) is 8.59. The molecule has 0 bridgehead atoms. The van der Waals surface area contributed by atoms with E-state index in [1.54, 1.807) is 4.90 Å². The first kappa shape index (κ1) is 19.4. The zero-order valence-corrected chi connectivity index (χ0v) is 14.1. The fraction of sp³-hybridized carbons (Fsp3) is 0.812. The smallest absolute Gasteiger partial charge is 0.321 e. The lowest BCUT2D eigenvalue weighted by atomic mass is 9.87. The van der Waals surface area contributed by atoms with Gasteiger partial charge in [0.15, 0.2) is 0 Å². The molecule has 1 aliphatic rings. The number of urea groups is 1. The molecule has 23 heavy (non-hydrogen) atoms. The Morgan fingerprint density at radius 2 is 1.83 bits per heavy atom. The molecule has 0 radical (unpaired) electrons. The highest BCUT2D eigenvalue weighted by Gasteiger charge is 2.18. The average Bonchev–Trinajstić information content (AvgIpc) is 2.51. The summed E-state index contributed by atoms with van der Waals surface area (Å²) in [5, 5.41) is 4.85. The third-order valence-corrected chi connectivity index (χ3v) is 4.11. The molecule has 1 saturated carbocycles. The number of carbonyl (C=O) groups is 3. The minimum atomic E-state index is -0.497. The van der Waals surface area contributed by atoms with Crippen LogP contribution in [0.1, 0.15) is 51.9 Å².